The van der Waals surface area contributed by atoms with Gasteiger partial charge in [-0.15, -0.1) is 0 Å². The highest BCUT2D eigenvalue weighted by Gasteiger charge is 2.33. The fraction of sp³-hybridized carbons (Fsp3) is 0.643. The van der Waals surface area contributed by atoms with Gasteiger partial charge in [-0.05, 0) is 44.4 Å². The molecule has 0 radical (unpaired) electrons. The van der Waals surface area contributed by atoms with E-state index in [2.05, 4.69) is 10.3 Å². The Labute approximate surface area is 119 Å². The maximum atomic E-state index is 13.0. The molecular formula is C14H21FN2O2S. The highest BCUT2D eigenvalue weighted by Crippen LogP contribution is 2.36. The molecule has 1 aromatic rings. The van der Waals surface area contributed by atoms with Gasteiger partial charge in [0.05, 0.1) is 23.2 Å². The summed E-state index contributed by atoms with van der Waals surface area (Å²) in [6.07, 6.45) is 5.77. The molecule has 1 aromatic heterocycles. The normalized spacial score (nSPS) is 25.4. The van der Waals surface area contributed by atoms with Gasteiger partial charge in [0.2, 0.25) is 0 Å². The number of sulfone groups is 1. The van der Waals surface area contributed by atoms with Crippen molar-refractivity contribution in [1.29, 1.82) is 0 Å². The molecular weight excluding hydrogens is 279 g/mol. The maximum Gasteiger partial charge on any atom is 0.150 e. The van der Waals surface area contributed by atoms with E-state index < -0.39 is 9.84 Å². The maximum absolute atomic E-state index is 13.0. The molecule has 0 bridgehead atoms. The van der Waals surface area contributed by atoms with E-state index in [0.29, 0.717) is 6.42 Å². The van der Waals surface area contributed by atoms with Crippen LogP contribution in [-0.2, 0) is 9.84 Å². The van der Waals surface area contributed by atoms with Crippen molar-refractivity contribution in [2.24, 2.45) is 5.92 Å². The van der Waals surface area contributed by atoms with Crippen LogP contribution in [0, 0.1) is 11.7 Å². The Morgan fingerprint density at radius 2 is 2.15 bits per heavy atom. The van der Waals surface area contributed by atoms with Crippen LogP contribution in [0.4, 0.5) is 4.39 Å². The summed E-state index contributed by atoms with van der Waals surface area (Å²) in [5.74, 6) is -0.146. The summed E-state index contributed by atoms with van der Waals surface area (Å²) in [6, 6.07) is 3.03. The van der Waals surface area contributed by atoms with Crippen molar-refractivity contribution in [3.05, 3.63) is 29.8 Å². The number of nitrogens with zero attached hydrogens (tertiary/aromatic N) is 1. The highest BCUT2D eigenvalue weighted by atomic mass is 32.2. The minimum absolute atomic E-state index is 0.0276. The summed E-state index contributed by atoms with van der Waals surface area (Å²) in [7, 11) is -1.16. The third kappa shape index (κ3) is 3.55. The van der Waals surface area contributed by atoms with Crippen molar-refractivity contribution in [3.63, 3.8) is 0 Å². The van der Waals surface area contributed by atoms with Crippen LogP contribution in [-0.4, -0.2) is 32.0 Å². The molecule has 0 aromatic carbocycles. The molecule has 0 aliphatic heterocycles. The molecule has 2 rings (SSSR count). The first-order chi connectivity index (χ1) is 9.41. The van der Waals surface area contributed by atoms with Crippen molar-refractivity contribution in [2.75, 3.05) is 13.3 Å². The molecule has 3 atom stereocenters. The van der Waals surface area contributed by atoms with Gasteiger partial charge in [-0.25, -0.2) is 12.8 Å². The Bertz CT molecular complexity index is 545. The van der Waals surface area contributed by atoms with E-state index in [9.17, 15) is 12.8 Å². The Morgan fingerprint density at radius 3 is 2.70 bits per heavy atom. The minimum Gasteiger partial charge on any atom is -0.311 e. The number of halogens is 1. The number of hydrogen-bond acceptors (Lipinski definition) is 4. The molecule has 1 aliphatic rings. The third-order valence-corrected chi connectivity index (χ3v) is 5.76. The SMILES string of the molecule is CNC(c1ccc(F)cn1)C1CCCC(S(C)(=O)=O)C1. The molecule has 112 valence electrons. The van der Waals surface area contributed by atoms with E-state index in [0.717, 1.165) is 25.0 Å². The number of nitrogens with one attached hydrogen (secondary N) is 1. The first-order valence-corrected chi connectivity index (χ1v) is 8.85. The predicted molar refractivity (Wildman–Crippen MR) is 76.6 cm³/mol. The van der Waals surface area contributed by atoms with Crippen LogP contribution in [0.1, 0.15) is 37.4 Å². The Morgan fingerprint density at radius 1 is 1.40 bits per heavy atom. The topological polar surface area (TPSA) is 59.1 Å². The molecule has 20 heavy (non-hydrogen) atoms. The molecule has 0 saturated heterocycles. The monoisotopic (exact) mass is 300 g/mol. The molecule has 1 N–H and O–H groups in total. The number of hydrogen-bond donors (Lipinski definition) is 1. The summed E-state index contributed by atoms with van der Waals surface area (Å²) in [5, 5.41) is 2.93. The van der Waals surface area contributed by atoms with Crippen LogP contribution >= 0.6 is 0 Å². The van der Waals surface area contributed by atoms with Gasteiger partial charge in [0, 0.05) is 6.26 Å². The van der Waals surface area contributed by atoms with Crippen LogP contribution in [0.3, 0.4) is 0 Å². The van der Waals surface area contributed by atoms with E-state index in [1.807, 2.05) is 7.05 Å². The molecule has 1 aliphatic carbocycles. The first kappa shape index (κ1) is 15.4. The van der Waals surface area contributed by atoms with Gasteiger partial charge in [-0.3, -0.25) is 4.98 Å². The van der Waals surface area contributed by atoms with Gasteiger partial charge >= 0.3 is 0 Å². The Kier molecular flexibility index (Phi) is 4.75. The zero-order chi connectivity index (χ0) is 14.8. The quantitative estimate of drug-likeness (QED) is 0.925. The molecule has 3 unspecified atom stereocenters. The van der Waals surface area contributed by atoms with E-state index in [1.165, 1.54) is 18.5 Å². The summed E-state index contributed by atoms with van der Waals surface area (Å²) in [6.45, 7) is 0. The van der Waals surface area contributed by atoms with Crippen molar-refractivity contribution >= 4 is 9.84 Å². The molecule has 4 nitrogen and oxygen atoms in total. The van der Waals surface area contributed by atoms with Crippen molar-refractivity contribution in [2.45, 2.75) is 37.0 Å². The lowest BCUT2D eigenvalue weighted by atomic mass is 9.82. The molecule has 1 heterocycles. The second-order valence-electron chi connectivity index (χ2n) is 5.55. The fourth-order valence-corrected chi connectivity index (χ4v) is 4.26. The van der Waals surface area contributed by atoms with E-state index in [1.54, 1.807) is 6.07 Å². The molecule has 0 amide bonds. The molecule has 0 spiro atoms. The molecule has 1 saturated carbocycles. The van der Waals surface area contributed by atoms with E-state index in [4.69, 9.17) is 0 Å². The predicted octanol–water partition coefficient (Wildman–Crippen LogP) is 2.08. The van der Waals surface area contributed by atoms with Gasteiger partial charge < -0.3 is 5.32 Å². The van der Waals surface area contributed by atoms with Crippen molar-refractivity contribution < 1.29 is 12.8 Å². The summed E-state index contributed by atoms with van der Waals surface area (Å²) in [5.41, 5.74) is 0.771. The summed E-state index contributed by atoms with van der Waals surface area (Å²) >= 11 is 0. The van der Waals surface area contributed by atoms with Gasteiger partial charge in [0.25, 0.3) is 0 Å². The lowest BCUT2D eigenvalue weighted by Gasteiger charge is -2.33. The Balaban J connectivity index is 2.17. The van der Waals surface area contributed by atoms with Gasteiger partial charge in [-0.1, -0.05) is 6.42 Å². The van der Waals surface area contributed by atoms with Crippen LogP contribution in [0.2, 0.25) is 0 Å². The van der Waals surface area contributed by atoms with Crippen LogP contribution in [0.5, 0.6) is 0 Å². The lowest BCUT2D eigenvalue weighted by Crippen LogP contribution is -2.34. The third-order valence-electron chi connectivity index (χ3n) is 4.12. The second-order valence-corrected chi connectivity index (χ2v) is 7.87. The average Bonchev–Trinajstić information content (AvgIpc) is 2.41. The number of aromatic nitrogens is 1. The van der Waals surface area contributed by atoms with Gasteiger partial charge in [-0.2, -0.15) is 0 Å². The second kappa shape index (κ2) is 6.18. The standard InChI is InChI=1S/C14H21FN2O2S/c1-16-14(13-7-6-11(15)9-17-13)10-4-3-5-12(8-10)20(2,18)19/h6-7,9-10,12,14,16H,3-5,8H2,1-2H3. The van der Waals surface area contributed by atoms with E-state index >= 15 is 0 Å². The van der Waals surface area contributed by atoms with E-state index in [-0.39, 0.29) is 23.0 Å². The lowest BCUT2D eigenvalue weighted by molar-refractivity contribution is 0.278. The zero-order valence-corrected chi connectivity index (χ0v) is 12.7. The van der Waals surface area contributed by atoms with Crippen molar-refractivity contribution in [1.82, 2.24) is 10.3 Å². The first-order valence-electron chi connectivity index (χ1n) is 6.89. The molecule has 6 heteroatoms. The Hall–Kier alpha value is -1.01. The largest absolute Gasteiger partial charge is 0.311 e. The van der Waals surface area contributed by atoms with Crippen LogP contribution in [0.25, 0.3) is 0 Å². The summed E-state index contributed by atoms with van der Waals surface area (Å²) in [4.78, 5) is 4.12. The smallest absolute Gasteiger partial charge is 0.150 e. The molecule has 1 fully saturated rings. The average molecular weight is 300 g/mol. The fourth-order valence-electron chi connectivity index (χ4n) is 3.07. The van der Waals surface area contributed by atoms with Crippen LogP contribution in [0.15, 0.2) is 18.3 Å². The van der Waals surface area contributed by atoms with Gasteiger partial charge in [0.1, 0.15) is 15.7 Å². The van der Waals surface area contributed by atoms with Gasteiger partial charge in [0.15, 0.2) is 0 Å². The van der Waals surface area contributed by atoms with Crippen LogP contribution < -0.4 is 5.32 Å². The highest BCUT2D eigenvalue weighted by molar-refractivity contribution is 7.91. The van der Waals surface area contributed by atoms with Crippen molar-refractivity contribution in [3.8, 4) is 0 Å². The zero-order valence-electron chi connectivity index (χ0n) is 11.8. The number of pyridine rings is 1. The number of rotatable bonds is 4. The minimum atomic E-state index is -3.00. The summed E-state index contributed by atoms with van der Waals surface area (Å²) < 4.78 is 36.4.